The summed E-state index contributed by atoms with van der Waals surface area (Å²) in [6.45, 7) is 0.0749. The molecule has 5 atom stereocenters. The molecule has 3 N–H and O–H groups in total. The smallest absolute Gasteiger partial charge is 0.338 e. The number of hydrogen-bond acceptors (Lipinski definition) is 8. The zero-order chi connectivity index (χ0) is 20.8. The van der Waals surface area contributed by atoms with Gasteiger partial charge in [0.05, 0.1) is 5.56 Å². The normalized spacial score (nSPS) is 26.7. The number of aliphatic hydroxyl groups is 3. The molecule has 2 aromatic rings. The number of hydrogen-bond donors (Lipinski definition) is 3. The lowest BCUT2D eigenvalue weighted by atomic mass is 9.99. The summed E-state index contributed by atoms with van der Waals surface area (Å²) in [5, 5.41) is 29.8. The summed E-state index contributed by atoms with van der Waals surface area (Å²) in [4.78, 5) is 12.2. The highest BCUT2D eigenvalue weighted by Gasteiger charge is 2.44. The van der Waals surface area contributed by atoms with Crippen molar-refractivity contribution in [3.8, 4) is 5.75 Å². The summed E-state index contributed by atoms with van der Waals surface area (Å²) in [5.74, 6) is -0.0263. The number of methoxy groups -OCH3 is 1. The lowest BCUT2D eigenvalue weighted by Gasteiger charge is -2.39. The Bertz CT molecular complexity index is 779. The van der Waals surface area contributed by atoms with Crippen molar-refractivity contribution in [1.29, 1.82) is 0 Å². The molecule has 8 nitrogen and oxygen atoms in total. The summed E-state index contributed by atoms with van der Waals surface area (Å²) < 4.78 is 20.9. The van der Waals surface area contributed by atoms with E-state index >= 15 is 0 Å². The van der Waals surface area contributed by atoms with Gasteiger partial charge < -0.3 is 34.3 Å². The van der Waals surface area contributed by atoms with Gasteiger partial charge in [-0.3, -0.25) is 0 Å². The molecule has 0 aliphatic carbocycles. The molecule has 1 fully saturated rings. The summed E-state index contributed by atoms with van der Waals surface area (Å²) in [6, 6.07) is 16.1. The van der Waals surface area contributed by atoms with Crippen molar-refractivity contribution >= 4 is 5.97 Å². The minimum Gasteiger partial charge on any atom is -0.489 e. The molecule has 2 aromatic carbocycles. The second kappa shape index (κ2) is 9.82. The fourth-order valence-electron chi connectivity index (χ4n) is 2.98. The first kappa shape index (κ1) is 21.2. The first-order valence-electron chi connectivity index (χ1n) is 9.16. The number of ether oxygens (including phenoxy) is 4. The molecule has 0 aromatic heterocycles. The van der Waals surface area contributed by atoms with Crippen LogP contribution in [0.5, 0.6) is 5.75 Å². The van der Waals surface area contributed by atoms with Crippen LogP contribution < -0.4 is 4.74 Å². The lowest BCUT2D eigenvalue weighted by Crippen LogP contribution is -2.59. The fourth-order valence-corrected chi connectivity index (χ4v) is 2.98. The topological polar surface area (TPSA) is 115 Å². The van der Waals surface area contributed by atoms with Crippen LogP contribution >= 0.6 is 0 Å². The Morgan fingerprint density at radius 1 is 1.00 bits per heavy atom. The van der Waals surface area contributed by atoms with Gasteiger partial charge in [-0.15, -0.1) is 0 Å². The lowest BCUT2D eigenvalue weighted by molar-refractivity contribution is -0.291. The Hall–Kier alpha value is -2.49. The molecular weight excluding hydrogens is 380 g/mol. The maximum atomic E-state index is 12.2. The Kier molecular flexibility index (Phi) is 7.18. The van der Waals surface area contributed by atoms with E-state index in [1.165, 1.54) is 7.11 Å². The SMILES string of the molecule is CO[C@@H]1[C@@H](O)[C@@H](O)[C@@H](COC(=O)c2ccc(OCc3ccccc3)cc2)O[C@@H]1O. The van der Waals surface area contributed by atoms with Gasteiger partial charge in [-0.1, -0.05) is 30.3 Å². The molecule has 1 heterocycles. The third-order valence-corrected chi connectivity index (χ3v) is 4.65. The van der Waals surface area contributed by atoms with Crippen molar-refractivity contribution in [3.63, 3.8) is 0 Å². The Morgan fingerprint density at radius 2 is 1.69 bits per heavy atom. The minimum atomic E-state index is -1.44. The molecular formula is C21H24O8. The second-order valence-corrected chi connectivity index (χ2v) is 6.64. The minimum absolute atomic E-state index is 0.290. The molecule has 0 radical (unpaired) electrons. The third-order valence-electron chi connectivity index (χ3n) is 4.65. The van der Waals surface area contributed by atoms with Crippen LogP contribution in [0, 0.1) is 0 Å². The first-order chi connectivity index (χ1) is 14.0. The highest BCUT2D eigenvalue weighted by molar-refractivity contribution is 5.89. The van der Waals surface area contributed by atoms with Gasteiger partial charge in [0.1, 0.15) is 43.4 Å². The van der Waals surface area contributed by atoms with Crippen LogP contribution in [0.15, 0.2) is 54.6 Å². The Morgan fingerprint density at radius 3 is 2.34 bits per heavy atom. The van der Waals surface area contributed by atoms with Crippen molar-refractivity contribution in [1.82, 2.24) is 0 Å². The van der Waals surface area contributed by atoms with Gasteiger partial charge in [0.15, 0.2) is 6.29 Å². The molecule has 156 valence electrons. The molecule has 29 heavy (non-hydrogen) atoms. The number of esters is 1. The highest BCUT2D eigenvalue weighted by Crippen LogP contribution is 2.22. The maximum absolute atomic E-state index is 12.2. The van der Waals surface area contributed by atoms with E-state index < -0.39 is 36.7 Å². The van der Waals surface area contributed by atoms with Crippen molar-refractivity contribution in [2.45, 2.75) is 37.3 Å². The van der Waals surface area contributed by atoms with Crippen LogP contribution in [0.4, 0.5) is 0 Å². The molecule has 0 saturated carbocycles. The van der Waals surface area contributed by atoms with Crippen LogP contribution in [-0.4, -0.2) is 65.7 Å². The summed E-state index contributed by atoms with van der Waals surface area (Å²) in [6.07, 6.45) is -6.34. The van der Waals surface area contributed by atoms with Gasteiger partial charge in [0, 0.05) is 7.11 Å². The van der Waals surface area contributed by atoms with Gasteiger partial charge in [-0.05, 0) is 29.8 Å². The van der Waals surface area contributed by atoms with Crippen LogP contribution in [-0.2, 0) is 20.8 Å². The number of carbonyl (C=O) groups excluding carboxylic acids is 1. The Balaban J connectivity index is 1.50. The zero-order valence-electron chi connectivity index (χ0n) is 15.9. The third kappa shape index (κ3) is 5.31. The van der Waals surface area contributed by atoms with E-state index in [1.807, 2.05) is 30.3 Å². The van der Waals surface area contributed by atoms with Crippen molar-refractivity contribution in [3.05, 3.63) is 65.7 Å². The average molecular weight is 404 g/mol. The molecule has 1 aliphatic heterocycles. The molecule has 1 aliphatic rings. The van der Waals surface area contributed by atoms with E-state index in [0.717, 1.165) is 5.56 Å². The van der Waals surface area contributed by atoms with Crippen LogP contribution in [0.1, 0.15) is 15.9 Å². The fraction of sp³-hybridized carbons (Fsp3) is 0.381. The number of aliphatic hydroxyl groups excluding tert-OH is 3. The van der Waals surface area contributed by atoms with Crippen molar-refractivity contribution in [2.24, 2.45) is 0 Å². The van der Waals surface area contributed by atoms with Gasteiger partial charge in [0.25, 0.3) is 0 Å². The number of carbonyl (C=O) groups is 1. The number of rotatable bonds is 7. The molecule has 0 unspecified atom stereocenters. The van der Waals surface area contributed by atoms with E-state index in [0.29, 0.717) is 17.9 Å². The van der Waals surface area contributed by atoms with Crippen LogP contribution in [0.25, 0.3) is 0 Å². The zero-order valence-corrected chi connectivity index (χ0v) is 15.9. The summed E-state index contributed by atoms with van der Waals surface area (Å²) >= 11 is 0. The van der Waals surface area contributed by atoms with E-state index in [4.69, 9.17) is 18.9 Å². The van der Waals surface area contributed by atoms with Gasteiger partial charge in [-0.2, -0.15) is 0 Å². The van der Waals surface area contributed by atoms with Crippen molar-refractivity contribution < 1.29 is 39.1 Å². The van der Waals surface area contributed by atoms with E-state index in [9.17, 15) is 20.1 Å². The first-order valence-corrected chi connectivity index (χ1v) is 9.16. The molecule has 0 spiro atoms. The predicted octanol–water partition coefficient (Wildman–Crippen LogP) is 0.876. The van der Waals surface area contributed by atoms with Gasteiger partial charge in [-0.25, -0.2) is 4.79 Å². The highest BCUT2D eigenvalue weighted by atomic mass is 16.7. The molecule has 0 bridgehead atoms. The standard InChI is InChI=1S/C21H24O8/c1-26-19-18(23)17(22)16(29-21(19)25)12-28-20(24)14-7-9-15(10-8-14)27-11-13-5-3-2-4-6-13/h2-10,16-19,21-23,25H,11-12H2,1H3/t16-,17+,18+,19-,21+/m1/s1. The summed E-state index contributed by atoms with van der Waals surface area (Å²) in [7, 11) is 1.28. The maximum Gasteiger partial charge on any atom is 0.338 e. The second-order valence-electron chi connectivity index (χ2n) is 6.64. The largest absolute Gasteiger partial charge is 0.489 e. The molecule has 1 saturated heterocycles. The monoisotopic (exact) mass is 404 g/mol. The summed E-state index contributed by atoms with van der Waals surface area (Å²) in [5.41, 5.74) is 1.32. The van der Waals surface area contributed by atoms with Crippen LogP contribution in [0.2, 0.25) is 0 Å². The molecule has 8 heteroatoms. The van der Waals surface area contributed by atoms with Gasteiger partial charge >= 0.3 is 5.97 Å². The molecule has 3 rings (SSSR count). The Labute approximate surface area is 168 Å². The van der Waals surface area contributed by atoms with E-state index in [-0.39, 0.29) is 6.61 Å². The van der Waals surface area contributed by atoms with E-state index in [2.05, 4.69) is 0 Å². The van der Waals surface area contributed by atoms with E-state index in [1.54, 1.807) is 24.3 Å². The molecule has 0 amide bonds. The quantitative estimate of drug-likeness (QED) is 0.583. The van der Waals surface area contributed by atoms with Crippen LogP contribution in [0.3, 0.4) is 0 Å². The van der Waals surface area contributed by atoms with Crippen molar-refractivity contribution in [2.75, 3.05) is 13.7 Å². The number of benzene rings is 2. The van der Waals surface area contributed by atoms with Gasteiger partial charge in [0.2, 0.25) is 0 Å². The average Bonchev–Trinajstić information content (AvgIpc) is 2.75. The predicted molar refractivity (Wildman–Crippen MR) is 101 cm³/mol.